The van der Waals surface area contributed by atoms with Crippen LogP contribution >= 0.6 is 0 Å². The number of fused-ring (bicyclic) bond motifs is 5. The minimum Gasteiger partial charge on any atom is -0.456 e. The average Bonchev–Trinajstić information content (AvgIpc) is 3.49. The molecule has 2 aromatic heterocycles. The molecule has 5 nitrogen and oxygen atoms in total. The Balaban J connectivity index is 1.15. The molecule has 6 aromatic carbocycles. The molecule has 3 heterocycles. The number of aromatic nitrogens is 3. The van der Waals surface area contributed by atoms with Gasteiger partial charge in [0, 0.05) is 49.6 Å². The van der Waals surface area contributed by atoms with Gasteiger partial charge in [-0.05, 0) is 35.9 Å². The van der Waals surface area contributed by atoms with Crippen LogP contribution in [0.5, 0.6) is 11.5 Å². The fourth-order valence-electron chi connectivity index (χ4n) is 6.71. The topological polar surface area (TPSA) is 61.0 Å². The Morgan fingerprint density at radius 2 is 1.09 bits per heavy atom. The van der Waals surface area contributed by atoms with Gasteiger partial charge in [-0.3, -0.25) is 0 Å². The zero-order chi connectivity index (χ0) is 31.5. The van der Waals surface area contributed by atoms with Crippen molar-refractivity contribution in [2.24, 2.45) is 0 Å². The number of hydrogen-bond donors (Lipinski definition) is 0. The summed E-state index contributed by atoms with van der Waals surface area (Å²) in [7, 11) is 0. The van der Waals surface area contributed by atoms with E-state index in [2.05, 4.69) is 80.6 Å². The molecule has 5 heteroatoms. The largest absolute Gasteiger partial charge is 0.456 e. The second-order valence-electron chi connectivity index (χ2n) is 12.5. The van der Waals surface area contributed by atoms with Crippen LogP contribution in [0.15, 0.2) is 144 Å². The standard InChI is InChI=1S/C42H29N3O2/c1-42(2)33-17-9-10-19-36(33)47-38-30(16-11-18-34(38)42)28-21-23-35-32(24-28)31-22-20-29(25-37(31)46-35)41-44-39(26-12-5-3-6-13-26)43-40(45-41)27-14-7-4-8-15-27/h3-25H,1-2H3. The molecule has 0 spiro atoms. The van der Waals surface area contributed by atoms with Crippen LogP contribution < -0.4 is 4.74 Å². The van der Waals surface area contributed by atoms with E-state index < -0.39 is 0 Å². The highest BCUT2D eigenvalue weighted by molar-refractivity contribution is 6.07. The van der Waals surface area contributed by atoms with Crippen molar-refractivity contribution in [2.45, 2.75) is 19.3 Å². The lowest BCUT2D eigenvalue weighted by Crippen LogP contribution is -2.24. The van der Waals surface area contributed by atoms with E-state index in [1.54, 1.807) is 0 Å². The summed E-state index contributed by atoms with van der Waals surface area (Å²) in [5.74, 6) is 3.66. The van der Waals surface area contributed by atoms with E-state index in [9.17, 15) is 0 Å². The van der Waals surface area contributed by atoms with E-state index in [4.69, 9.17) is 24.1 Å². The molecule has 0 amide bonds. The molecule has 9 rings (SSSR count). The van der Waals surface area contributed by atoms with Gasteiger partial charge >= 0.3 is 0 Å². The third-order valence-corrected chi connectivity index (χ3v) is 9.20. The van der Waals surface area contributed by atoms with E-state index in [0.717, 1.165) is 61.3 Å². The summed E-state index contributed by atoms with van der Waals surface area (Å²) in [6.07, 6.45) is 0. The molecule has 0 fully saturated rings. The van der Waals surface area contributed by atoms with Crippen LogP contribution in [0, 0.1) is 0 Å². The Hall–Kier alpha value is -6.07. The van der Waals surface area contributed by atoms with Crippen LogP contribution in [-0.4, -0.2) is 15.0 Å². The van der Waals surface area contributed by atoms with Gasteiger partial charge < -0.3 is 9.15 Å². The molecule has 47 heavy (non-hydrogen) atoms. The Bertz CT molecular complexity index is 2410. The summed E-state index contributed by atoms with van der Waals surface area (Å²) < 4.78 is 13.0. The molecule has 0 N–H and O–H groups in total. The van der Waals surface area contributed by atoms with E-state index in [1.165, 1.54) is 11.1 Å². The van der Waals surface area contributed by atoms with Crippen molar-refractivity contribution < 1.29 is 9.15 Å². The van der Waals surface area contributed by atoms with Gasteiger partial charge in [0.2, 0.25) is 0 Å². The van der Waals surface area contributed by atoms with Gasteiger partial charge in [0.15, 0.2) is 17.5 Å². The van der Waals surface area contributed by atoms with Gasteiger partial charge in [-0.1, -0.05) is 123 Å². The number of hydrogen-bond acceptors (Lipinski definition) is 5. The average molecular weight is 608 g/mol. The van der Waals surface area contributed by atoms with Crippen LogP contribution in [0.2, 0.25) is 0 Å². The van der Waals surface area contributed by atoms with E-state index in [-0.39, 0.29) is 5.41 Å². The number of rotatable bonds is 4. The molecule has 1 aliphatic rings. The summed E-state index contributed by atoms with van der Waals surface area (Å²) in [4.78, 5) is 14.6. The monoisotopic (exact) mass is 607 g/mol. The van der Waals surface area contributed by atoms with Gasteiger partial charge in [-0.2, -0.15) is 0 Å². The first-order chi connectivity index (χ1) is 23.0. The molecule has 0 unspecified atom stereocenters. The van der Waals surface area contributed by atoms with Gasteiger partial charge in [-0.15, -0.1) is 0 Å². The van der Waals surface area contributed by atoms with Crippen LogP contribution in [0.1, 0.15) is 25.0 Å². The molecular formula is C42H29N3O2. The minimum absolute atomic E-state index is 0.182. The van der Waals surface area contributed by atoms with E-state index in [0.29, 0.717) is 17.5 Å². The third kappa shape index (κ3) is 4.50. The first-order valence-electron chi connectivity index (χ1n) is 15.8. The first-order valence-corrected chi connectivity index (χ1v) is 15.8. The molecule has 0 aliphatic carbocycles. The first kappa shape index (κ1) is 27.3. The van der Waals surface area contributed by atoms with Crippen molar-refractivity contribution in [2.75, 3.05) is 0 Å². The maximum Gasteiger partial charge on any atom is 0.164 e. The number of nitrogens with zero attached hydrogens (tertiary/aromatic N) is 3. The van der Waals surface area contributed by atoms with Crippen LogP contribution in [0.4, 0.5) is 0 Å². The molecule has 224 valence electrons. The second kappa shape index (κ2) is 10.5. The Kier molecular flexibility index (Phi) is 6.09. The Labute approximate surface area is 272 Å². The highest BCUT2D eigenvalue weighted by atomic mass is 16.5. The number of para-hydroxylation sites is 2. The number of ether oxygens (including phenoxy) is 1. The summed E-state index contributed by atoms with van der Waals surface area (Å²) >= 11 is 0. The molecule has 0 bridgehead atoms. The maximum absolute atomic E-state index is 6.59. The number of furan rings is 1. The smallest absolute Gasteiger partial charge is 0.164 e. The lowest BCUT2D eigenvalue weighted by molar-refractivity contribution is 0.419. The zero-order valence-corrected chi connectivity index (χ0v) is 25.9. The van der Waals surface area contributed by atoms with Gasteiger partial charge in [0.1, 0.15) is 22.7 Å². The predicted octanol–water partition coefficient (Wildman–Crippen LogP) is 10.9. The van der Waals surface area contributed by atoms with Crippen molar-refractivity contribution in [3.8, 4) is 56.8 Å². The quantitative estimate of drug-likeness (QED) is 0.199. The van der Waals surface area contributed by atoms with Crippen molar-refractivity contribution in [1.82, 2.24) is 15.0 Å². The van der Waals surface area contributed by atoms with E-state index in [1.807, 2.05) is 72.8 Å². The number of benzene rings is 6. The lowest BCUT2D eigenvalue weighted by atomic mass is 9.75. The molecular weight excluding hydrogens is 578 g/mol. The maximum atomic E-state index is 6.59. The Morgan fingerprint density at radius 1 is 0.468 bits per heavy atom. The summed E-state index contributed by atoms with van der Waals surface area (Å²) in [6, 6.07) is 47.3. The van der Waals surface area contributed by atoms with Crippen LogP contribution in [0.3, 0.4) is 0 Å². The van der Waals surface area contributed by atoms with Crippen molar-refractivity contribution in [3.05, 3.63) is 151 Å². The third-order valence-electron chi connectivity index (χ3n) is 9.20. The molecule has 0 saturated heterocycles. The Morgan fingerprint density at radius 3 is 1.81 bits per heavy atom. The summed E-state index contributed by atoms with van der Waals surface area (Å²) in [5.41, 5.74) is 8.66. The predicted molar refractivity (Wildman–Crippen MR) is 187 cm³/mol. The SMILES string of the molecule is CC1(C)c2ccccc2Oc2c(-c3ccc4oc5cc(-c6nc(-c7ccccc7)nc(-c7ccccc7)n6)ccc5c4c3)cccc21. The van der Waals surface area contributed by atoms with Crippen molar-refractivity contribution in [3.63, 3.8) is 0 Å². The molecule has 0 atom stereocenters. The fourth-order valence-corrected chi connectivity index (χ4v) is 6.71. The zero-order valence-electron chi connectivity index (χ0n) is 25.9. The molecule has 8 aromatic rings. The normalized spacial score (nSPS) is 13.2. The van der Waals surface area contributed by atoms with Gasteiger partial charge in [0.05, 0.1) is 0 Å². The molecule has 0 radical (unpaired) electrons. The van der Waals surface area contributed by atoms with Crippen molar-refractivity contribution >= 4 is 21.9 Å². The summed E-state index contributed by atoms with van der Waals surface area (Å²) in [6.45, 7) is 4.53. The van der Waals surface area contributed by atoms with Gasteiger partial charge in [0.25, 0.3) is 0 Å². The molecule has 1 aliphatic heterocycles. The minimum atomic E-state index is -0.182. The summed E-state index contributed by atoms with van der Waals surface area (Å²) in [5, 5.41) is 2.07. The fraction of sp³-hybridized carbons (Fsp3) is 0.0714. The second-order valence-corrected chi connectivity index (χ2v) is 12.5. The highest BCUT2D eigenvalue weighted by Gasteiger charge is 2.35. The van der Waals surface area contributed by atoms with Gasteiger partial charge in [-0.25, -0.2) is 15.0 Å². The molecule has 0 saturated carbocycles. The van der Waals surface area contributed by atoms with Crippen LogP contribution in [0.25, 0.3) is 67.2 Å². The van der Waals surface area contributed by atoms with Crippen LogP contribution in [-0.2, 0) is 5.41 Å². The highest BCUT2D eigenvalue weighted by Crippen LogP contribution is 2.51. The lowest BCUT2D eigenvalue weighted by Gasteiger charge is -2.35. The van der Waals surface area contributed by atoms with E-state index >= 15 is 0 Å². The van der Waals surface area contributed by atoms with Crippen molar-refractivity contribution in [1.29, 1.82) is 0 Å².